The fraction of sp³-hybridized carbons (Fsp3) is 1.00. The van der Waals surface area contributed by atoms with Crippen LogP contribution in [0.3, 0.4) is 0 Å². The van der Waals surface area contributed by atoms with E-state index in [1.165, 1.54) is 104 Å². The van der Waals surface area contributed by atoms with Crippen LogP contribution in [0, 0.1) is 10.8 Å². The summed E-state index contributed by atoms with van der Waals surface area (Å²) in [5, 5.41) is 0. The van der Waals surface area contributed by atoms with Gasteiger partial charge in [0.2, 0.25) is 0 Å². The zero-order valence-corrected chi connectivity index (χ0v) is 26.1. The zero-order valence-electron chi connectivity index (χ0n) is 26.1. The van der Waals surface area contributed by atoms with Crippen molar-refractivity contribution in [3.63, 3.8) is 0 Å². The SMILES string of the molecule is CC(C)(C)N1CCC2(CC1)CCN(C(C)(C)CCC(C)(C)N1CCC3(CCN(C(C)(C)C)C3)C1)CC2. The van der Waals surface area contributed by atoms with Crippen LogP contribution in [0.15, 0.2) is 0 Å². The predicted molar refractivity (Wildman–Crippen MR) is 156 cm³/mol. The fourth-order valence-electron chi connectivity index (χ4n) is 7.96. The number of likely N-dealkylation sites (tertiary alicyclic amines) is 4. The van der Waals surface area contributed by atoms with Crippen LogP contribution in [-0.4, -0.2) is 94.1 Å². The molecule has 0 saturated carbocycles. The van der Waals surface area contributed by atoms with Crippen molar-refractivity contribution < 1.29 is 0 Å². The van der Waals surface area contributed by atoms with Crippen molar-refractivity contribution in [2.45, 2.75) is 143 Å². The monoisotopic (exact) mass is 502 g/mol. The van der Waals surface area contributed by atoms with E-state index in [0.29, 0.717) is 33.0 Å². The van der Waals surface area contributed by atoms with Crippen molar-refractivity contribution in [3.05, 3.63) is 0 Å². The molecule has 4 aliphatic heterocycles. The number of piperidine rings is 2. The molecule has 0 bridgehead atoms. The molecule has 4 heterocycles. The summed E-state index contributed by atoms with van der Waals surface area (Å²) in [7, 11) is 0. The second-order valence-corrected chi connectivity index (χ2v) is 16.8. The van der Waals surface area contributed by atoms with Gasteiger partial charge in [-0.2, -0.15) is 0 Å². The topological polar surface area (TPSA) is 13.0 Å². The van der Waals surface area contributed by atoms with Gasteiger partial charge in [-0.25, -0.2) is 0 Å². The van der Waals surface area contributed by atoms with Gasteiger partial charge in [-0.3, -0.25) is 19.6 Å². The van der Waals surface area contributed by atoms with Crippen molar-refractivity contribution in [2.75, 3.05) is 52.4 Å². The molecular formula is C32H62N4. The third-order valence-corrected chi connectivity index (χ3v) is 11.5. The molecule has 4 saturated heterocycles. The van der Waals surface area contributed by atoms with Gasteiger partial charge in [-0.05, 0) is 171 Å². The Bertz CT molecular complexity index is 739. The molecule has 0 radical (unpaired) electrons. The number of hydrogen-bond acceptors (Lipinski definition) is 4. The highest BCUT2D eigenvalue weighted by Gasteiger charge is 2.49. The molecular weight excluding hydrogens is 440 g/mol. The van der Waals surface area contributed by atoms with Crippen LogP contribution in [0.25, 0.3) is 0 Å². The van der Waals surface area contributed by atoms with Crippen LogP contribution in [0.2, 0.25) is 0 Å². The largest absolute Gasteiger partial charge is 0.298 e. The van der Waals surface area contributed by atoms with Gasteiger partial charge in [-0.15, -0.1) is 0 Å². The number of nitrogens with zero attached hydrogens (tertiary/aromatic N) is 4. The van der Waals surface area contributed by atoms with E-state index in [2.05, 4.69) is 88.8 Å². The Morgan fingerprint density at radius 3 is 1.19 bits per heavy atom. The summed E-state index contributed by atoms with van der Waals surface area (Å²) in [5.41, 5.74) is 2.41. The first-order valence-electron chi connectivity index (χ1n) is 15.5. The Morgan fingerprint density at radius 2 is 0.750 bits per heavy atom. The Balaban J connectivity index is 1.26. The van der Waals surface area contributed by atoms with Crippen molar-refractivity contribution in [1.82, 2.24) is 19.6 Å². The first kappa shape index (κ1) is 28.8. The third kappa shape index (κ3) is 6.18. The lowest BCUT2D eigenvalue weighted by Gasteiger charge is -2.52. The molecule has 0 amide bonds. The van der Waals surface area contributed by atoms with E-state index >= 15 is 0 Å². The Labute approximate surface area is 225 Å². The van der Waals surface area contributed by atoms with E-state index < -0.39 is 0 Å². The second-order valence-electron chi connectivity index (χ2n) is 16.8. The first-order valence-corrected chi connectivity index (χ1v) is 15.5. The smallest absolute Gasteiger partial charge is 0.0154 e. The standard InChI is InChI=1S/C32H62N4/c1-27(2,3)33-19-13-31(14-20-33)15-21-34(22-16-31)29(7,8)11-12-30(9,10)36-24-18-32(26-36)17-23-35(25-32)28(4,5)6/h11-26H2,1-10H3. The lowest BCUT2D eigenvalue weighted by atomic mass is 9.70. The van der Waals surface area contributed by atoms with E-state index in [9.17, 15) is 0 Å². The average Bonchev–Trinajstić information content (AvgIpc) is 3.40. The molecule has 4 nitrogen and oxygen atoms in total. The highest BCUT2D eigenvalue weighted by atomic mass is 15.3. The number of rotatable bonds is 5. The normalized spacial score (nSPS) is 30.2. The molecule has 4 fully saturated rings. The Kier molecular flexibility index (Phi) is 7.84. The van der Waals surface area contributed by atoms with Gasteiger partial charge in [0.15, 0.2) is 0 Å². The van der Waals surface area contributed by atoms with Crippen LogP contribution >= 0.6 is 0 Å². The van der Waals surface area contributed by atoms with E-state index in [1.807, 2.05) is 0 Å². The quantitative estimate of drug-likeness (QED) is 0.425. The molecule has 1 atom stereocenters. The minimum absolute atomic E-state index is 0.298. The predicted octanol–water partition coefficient (Wildman–Crippen LogP) is 6.50. The van der Waals surface area contributed by atoms with Crippen molar-refractivity contribution in [1.29, 1.82) is 0 Å². The third-order valence-electron chi connectivity index (χ3n) is 11.5. The molecule has 4 heteroatoms. The van der Waals surface area contributed by atoms with E-state index in [0.717, 1.165) is 0 Å². The molecule has 0 N–H and O–H groups in total. The minimum atomic E-state index is 0.298. The maximum atomic E-state index is 2.86. The molecule has 4 rings (SSSR count). The van der Waals surface area contributed by atoms with Gasteiger partial charge in [0.25, 0.3) is 0 Å². The molecule has 0 aliphatic carbocycles. The highest BCUT2D eigenvalue weighted by molar-refractivity contribution is 5.03. The van der Waals surface area contributed by atoms with Crippen molar-refractivity contribution >= 4 is 0 Å². The molecule has 0 aromatic heterocycles. The van der Waals surface area contributed by atoms with Gasteiger partial charge < -0.3 is 0 Å². The Hall–Kier alpha value is -0.160. The van der Waals surface area contributed by atoms with Crippen LogP contribution in [-0.2, 0) is 0 Å². The van der Waals surface area contributed by atoms with Gasteiger partial charge in [0, 0.05) is 35.2 Å². The molecule has 2 spiro atoms. The van der Waals surface area contributed by atoms with Crippen molar-refractivity contribution in [3.8, 4) is 0 Å². The lowest BCUT2D eigenvalue weighted by molar-refractivity contribution is -0.0249. The molecule has 4 aliphatic rings. The van der Waals surface area contributed by atoms with Gasteiger partial charge in [0.1, 0.15) is 0 Å². The van der Waals surface area contributed by atoms with Crippen LogP contribution < -0.4 is 0 Å². The van der Waals surface area contributed by atoms with Crippen LogP contribution in [0.1, 0.15) is 121 Å². The average molecular weight is 503 g/mol. The summed E-state index contributed by atoms with van der Waals surface area (Å²) >= 11 is 0. The van der Waals surface area contributed by atoms with E-state index in [4.69, 9.17) is 0 Å². The maximum Gasteiger partial charge on any atom is 0.0154 e. The maximum absolute atomic E-state index is 2.86. The van der Waals surface area contributed by atoms with Gasteiger partial charge in [0.05, 0.1) is 0 Å². The molecule has 36 heavy (non-hydrogen) atoms. The Morgan fingerprint density at radius 1 is 0.417 bits per heavy atom. The van der Waals surface area contributed by atoms with Crippen molar-refractivity contribution in [2.24, 2.45) is 10.8 Å². The van der Waals surface area contributed by atoms with Gasteiger partial charge in [-0.1, -0.05) is 0 Å². The summed E-state index contributed by atoms with van der Waals surface area (Å²) < 4.78 is 0. The number of hydrogen-bond donors (Lipinski definition) is 0. The summed E-state index contributed by atoms with van der Waals surface area (Å²) in [6, 6.07) is 0. The van der Waals surface area contributed by atoms with Crippen LogP contribution in [0.5, 0.6) is 0 Å². The van der Waals surface area contributed by atoms with Gasteiger partial charge >= 0.3 is 0 Å². The molecule has 0 aromatic rings. The van der Waals surface area contributed by atoms with E-state index in [1.54, 1.807) is 0 Å². The molecule has 1 unspecified atom stereocenters. The van der Waals surface area contributed by atoms with E-state index in [-0.39, 0.29) is 0 Å². The first-order chi connectivity index (χ1) is 16.5. The second kappa shape index (κ2) is 9.79. The summed E-state index contributed by atoms with van der Waals surface area (Å²) in [4.78, 5) is 11.2. The summed E-state index contributed by atoms with van der Waals surface area (Å²) in [6.07, 6.45) is 11.1. The van der Waals surface area contributed by atoms with Crippen LogP contribution in [0.4, 0.5) is 0 Å². The summed E-state index contributed by atoms with van der Waals surface area (Å²) in [5.74, 6) is 0. The zero-order chi connectivity index (χ0) is 26.6. The fourth-order valence-corrected chi connectivity index (χ4v) is 7.96. The lowest BCUT2D eigenvalue weighted by Crippen LogP contribution is -2.55. The molecule has 210 valence electrons. The minimum Gasteiger partial charge on any atom is -0.298 e. The summed E-state index contributed by atoms with van der Waals surface area (Å²) in [6.45, 7) is 34.9. The highest BCUT2D eigenvalue weighted by Crippen LogP contribution is 2.46. The molecule has 0 aromatic carbocycles.